The number of nitrogens with one attached hydrogen (secondary N) is 1. The maximum atomic E-state index is 12.5. The van der Waals surface area contributed by atoms with Crippen molar-refractivity contribution in [3.63, 3.8) is 0 Å². The summed E-state index contributed by atoms with van der Waals surface area (Å²) in [4.78, 5) is 29.9. The molecule has 0 aliphatic carbocycles. The highest BCUT2D eigenvalue weighted by Crippen LogP contribution is 2.29. The monoisotopic (exact) mass is 551 g/mol. The van der Waals surface area contributed by atoms with Gasteiger partial charge in [0.05, 0.1) is 4.88 Å². The molecule has 1 aliphatic rings. The summed E-state index contributed by atoms with van der Waals surface area (Å²) in [5.41, 5.74) is 2.51. The lowest BCUT2D eigenvalue weighted by molar-refractivity contribution is -0.111. The number of benzene rings is 2. The fraction of sp³-hybridized carbons (Fsp3) is 0.143. The average Bonchev–Trinajstić information content (AvgIpc) is 3.60. The number of furan rings is 1. The molecule has 0 saturated carbocycles. The molecule has 2 aromatic heterocycles. The molecule has 1 aliphatic heterocycles. The molecule has 188 valence electrons. The number of piperazine rings is 1. The second kappa shape index (κ2) is 11.3. The topological polar surface area (TPSA) is 65.8 Å². The van der Waals surface area contributed by atoms with Crippen LogP contribution in [0.4, 0.5) is 11.4 Å². The van der Waals surface area contributed by atoms with E-state index in [0.717, 1.165) is 29.2 Å². The summed E-state index contributed by atoms with van der Waals surface area (Å²) in [6.07, 6.45) is 3.03. The van der Waals surface area contributed by atoms with Crippen molar-refractivity contribution in [1.29, 1.82) is 0 Å². The van der Waals surface area contributed by atoms with Crippen molar-refractivity contribution in [2.75, 3.05) is 36.4 Å². The molecular formula is C28H23Cl2N3O3S. The zero-order chi connectivity index (χ0) is 25.8. The van der Waals surface area contributed by atoms with Crippen molar-refractivity contribution in [1.82, 2.24) is 4.90 Å². The van der Waals surface area contributed by atoms with Gasteiger partial charge in [0.25, 0.3) is 5.91 Å². The highest BCUT2D eigenvalue weighted by atomic mass is 35.5. The molecule has 0 unspecified atom stereocenters. The van der Waals surface area contributed by atoms with E-state index in [2.05, 4.69) is 10.2 Å². The molecule has 9 heteroatoms. The van der Waals surface area contributed by atoms with Gasteiger partial charge in [-0.3, -0.25) is 9.59 Å². The van der Waals surface area contributed by atoms with Crippen molar-refractivity contribution in [3.8, 4) is 11.3 Å². The third-order valence-electron chi connectivity index (χ3n) is 5.97. The summed E-state index contributed by atoms with van der Waals surface area (Å²) in [7, 11) is 0. The molecule has 0 atom stereocenters. The van der Waals surface area contributed by atoms with Crippen molar-refractivity contribution >= 4 is 63.8 Å². The first-order valence-corrected chi connectivity index (χ1v) is 13.3. The smallest absolute Gasteiger partial charge is 0.264 e. The van der Waals surface area contributed by atoms with Gasteiger partial charge in [0.2, 0.25) is 5.91 Å². The van der Waals surface area contributed by atoms with E-state index in [0.29, 0.717) is 40.3 Å². The molecule has 0 bridgehead atoms. The number of nitrogens with zero attached hydrogens (tertiary/aromatic N) is 2. The number of halogens is 2. The lowest BCUT2D eigenvalue weighted by atomic mass is 10.2. The molecular weight excluding hydrogens is 529 g/mol. The third kappa shape index (κ3) is 6.25. The normalized spacial score (nSPS) is 13.8. The van der Waals surface area contributed by atoms with Crippen molar-refractivity contribution in [2.45, 2.75) is 0 Å². The Morgan fingerprint density at radius 1 is 0.919 bits per heavy atom. The van der Waals surface area contributed by atoms with E-state index < -0.39 is 0 Å². The SMILES string of the molecule is O=C(/C=C/c1ccc(-c2cc(Cl)cc(Cl)c2)o1)Nc1ccc(N2CCN(C(=O)c3cccs3)CC2)cc1. The Balaban J connectivity index is 1.13. The van der Waals surface area contributed by atoms with E-state index in [-0.39, 0.29) is 11.8 Å². The Kier molecular flexibility index (Phi) is 7.65. The van der Waals surface area contributed by atoms with Crippen LogP contribution >= 0.6 is 34.5 Å². The highest BCUT2D eigenvalue weighted by Gasteiger charge is 2.22. The molecule has 2 amide bonds. The second-order valence-corrected chi connectivity index (χ2v) is 10.3. The Bertz CT molecular complexity index is 1400. The number of carbonyl (C=O) groups excluding carboxylic acids is 2. The average molecular weight is 552 g/mol. The summed E-state index contributed by atoms with van der Waals surface area (Å²) >= 11 is 13.6. The minimum absolute atomic E-state index is 0.0976. The lowest BCUT2D eigenvalue weighted by Crippen LogP contribution is -2.48. The number of thiophene rings is 1. The maximum Gasteiger partial charge on any atom is 0.264 e. The van der Waals surface area contributed by atoms with Crippen LogP contribution in [-0.4, -0.2) is 42.9 Å². The first-order chi connectivity index (χ1) is 17.9. The van der Waals surface area contributed by atoms with Crippen molar-refractivity contribution in [2.24, 2.45) is 0 Å². The van der Waals surface area contributed by atoms with Gasteiger partial charge in [0, 0.05) is 59.2 Å². The van der Waals surface area contributed by atoms with Crippen LogP contribution in [-0.2, 0) is 4.79 Å². The van der Waals surface area contributed by atoms with E-state index in [4.69, 9.17) is 27.6 Å². The van der Waals surface area contributed by atoms with E-state index in [9.17, 15) is 9.59 Å². The van der Waals surface area contributed by atoms with Gasteiger partial charge < -0.3 is 19.5 Å². The van der Waals surface area contributed by atoms with Gasteiger partial charge in [0.1, 0.15) is 11.5 Å². The number of amides is 2. The minimum Gasteiger partial charge on any atom is -0.457 e. The summed E-state index contributed by atoms with van der Waals surface area (Å²) in [5.74, 6) is 0.975. The fourth-order valence-electron chi connectivity index (χ4n) is 4.11. The first-order valence-electron chi connectivity index (χ1n) is 11.7. The predicted octanol–water partition coefficient (Wildman–Crippen LogP) is 6.93. The molecule has 6 nitrogen and oxygen atoms in total. The van der Waals surface area contributed by atoms with E-state index in [1.807, 2.05) is 46.7 Å². The number of anilines is 2. The van der Waals surface area contributed by atoms with Crippen molar-refractivity contribution < 1.29 is 14.0 Å². The minimum atomic E-state index is -0.266. The zero-order valence-electron chi connectivity index (χ0n) is 19.7. The molecule has 1 saturated heterocycles. The van der Waals surface area contributed by atoms with Crippen LogP contribution in [0.2, 0.25) is 10.0 Å². The van der Waals surface area contributed by atoms with Crippen LogP contribution in [0.3, 0.4) is 0 Å². The van der Waals surface area contributed by atoms with Crippen molar-refractivity contribution in [3.05, 3.63) is 98.9 Å². The largest absolute Gasteiger partial charge is 0.457 e. The number of hydrogen-bond acceptors (Lipinski definition) is 5. The van der Waals surface area contributed by atoms with Gasteiger partial charge >= 0.3 is 0 Å². The van der Waals surface area contributed by atoms with E-state index in [1.54, 1.807) is 36.4 Å². The van der Waals surface area contributed by atoms with Crippen LogP contribution in [0, 0.1) is 0 Å². The fourth-order valence-corrected chi connectivity index (χ4v) is 5.33. The molecule has 5 rings (SSSR count). The predicted molar refractivity (Wildman–Crippen MR) is 151 cm³/mol. The molecule has 2 aromatic carbocycles. The Morgan fingerprint density at radius 2 is 1.65 bits per heavy atom. The van der Waals surface area contributed by atoms with Gasteiger partial charge in [-0.25, -0.2) is 0 Å². The molecule has 4 aromatic rings. The van der Waals surface area contributed by atoms with Gasteiger partial charge in [-0.1, -0.05) is 29.3 Å². The highest BCUT2D eigenvalue weighted by molar-refractivity contribution is 7.12. The Morgan fingerprint density at radius 3 is 2.32 bits per heavy atom. The maximum absolute atomic E-state index is 12.5. The van der Waals surface area contributed by atoms with Crippen LogP contribution < -0.4 is 10.2 Å². The molecule has 1 N–H and O–H groups in total. The second-order valence-electron chi connectivity index (χ2n) is 8.49. The molecule has 37 heavy (non-hydrogen) atoms. The van der Waals surface area contributed by atoms with Gasteiger partial charge in [-0.2, -0.15) is 0 Å². The van der Waals surface area contributed by atoms with Gasteiger partial charge in [-0.05, 0) is 72.1 Å². The standard InChI is InChI=1S/C28H23Cl2N3O3S/c29-20-16-19(17-21(30)18-20)25-9-7-24(36-25)8-10-27(34)31-22-3-5-23(6-4-22)32-11-13-33(14-12-32)28(35)26-2-1-15-37-26/h1-10,15-18H,11-14H2,(H,31,34)/b10-8+. The van der Waals surface area contributed by atoms with Crippen LogP contribution in [0.5, 0.6) is 0 Å². The molecule has 1 fully saturated rings. The van der Waals surface area contributed by atoms with E-state index in [1.165, 1.54) is 17.4 Å². The van der Waals surface area contributed by atoms with Crippen LogP contribution in [0.15, 0.2) is 82.6 Å². The third-order valence-corrected chi connectivity index (χ3v) is 7.27. The number of rotatable bonds is 6. The molecule has 0 radical (unpaired) electrons. The van der Waals surface area contributed by atoms with Crippen LogP contribution in [0.25, 0.3) is 17.4 Å². The Labute approximate surface area is 228 Å². The summed E-state index contributed by atoms with van der Waals surface area (Å²) < 4.78 is 5.79. The van der Waals surface area contributed by atoms with Crippen LogP contribution in [0.1, 0.15) is 15.4 Å². The summed E-state index contributed by atoms with van der Waals surface area (Å²) in [5, 5.41) is 5.83. The van der Waals surface area contributed by atoms with E-state index >= 15 is 0 Å². The summed E-state index contributed by atoms with van der Waals surface area (Å²) in [6.45, 7) is 2.88. The molecule has 0 spiro atoms. The number of carbonyl (C=O) groups is 2. The Hall–Kier alpha value is -3.52. The van der Waals surface area contributed by atoms with Gasteiger partial charge in [-0.15, -0.1) is 11.3 Å². The molecule has 3 heterocycles. The first kappa shape index (κ1) is 25.1. The lowest BCUT2D eigenvalue weighted by Gasteiger charge is -2.36. The quantitative estimate of drug-likeness (QED) is 0.264. The summed E-state index contributed by atoms with van der Waals surface area (Å²) in [6, 6.07) is 20.2. The van der Waals surface area contributed by atoms with Gasteiger partial charge in [0.15, 0.2) is 0 Å². The number of hydrogen-bond donors (Lipinski definition) is 1. The zero-order valence-corrected chi connectivity index (χ0v) is 22.0.